The number of hydrogen-bond acceptors (Lipinski definition) is 4. The maximum absolute atomic E-state index is 13.2. The molecule has 0 aliphatic carbocycles. The van der Waals surface area contributed by atoms with Gasteiger partial charge in [-0.15, -0.1) is 0 Å². The molecule has 0 spiro atoms. The molecule has 6 nitrogen and oxygen atoms in total. The molecule has 1 N–H and O–H groups in total. The Balaban J connectivity index is 2.40. The van der Waals surface area contributed by atoms with E-state index in [0.29, 0.717) is 10.7 Å². The predicted molar refractivity (Wildman–Crippen MR) is 118 cm³/mol. The van der Waals surface area contributed by atoms with Crippen LogP contribution in [0.25, 0.3) is 0 Å². The summed E-state index contributed by atoms with van der Waals surface area (Å²) in [4.78, 5) is 12.6. The maximum atomic E-state index is 13.2. The van der Waals surface area contributed by atoms with E-state index in [1.54, 1.807) is 37.3 Å². The summed E-state index contributed by atoms with van der Waals surface area (Å²) in [6.07, 6.45) is 0. The van der Waals surface area contributed by atoms with E-state index in [9.17, 15) is 13.2 Å². The Morgan fingerprint density at radius 3 is 2.31 bits per heavy atom. The first kappa shape index (κ1) is 22.9. The number of carbonyl (C=O) groups is 1. The first-order chi connectivity index (χ1) is 13.4. The van der Waals surface area contributed by atoms with Crippen LogP contribution in [0.15, 0.2) is 58.5 Å². The molecule has 0 saturated carbocycles. The van der Waals surface area contributed by atoms with E-state index in [1.807, 2.05) is 27.7 Å². The number of carbonyl (C=O) groups excluding carboxylic acids is 1. The highest BCUT2D eigenvalue weighted by atomic mass is 35.5. The lowest BCUT2D eigenvalue weighted by Gasteiger charge is -2.24. The van der Waals surface area contributed by atoms with Crippen molar-refractivity contribution >= 4 is 38.9 Å². The third-order valence-corrected chi connectivity index (χ3v) is 6.69. The smallest absolute Gasteiger partial charge is 0.264 e. The minimum atomic E-state index is -3.98. The van der Waals surface area contributed by atoms with Crippen LogP contribution in [0.2, 0.25) is 5.02 Å². The van der Waals surface area contributed by atoms with Crippen molar-refractivity contribution in [2.24, 2.45) is 10.5 Å². The van der Waals surface area contributed by atoms with Crippen LogP contribution in [0.3, 0.4) is 0 Å². The number of anilines is 1. The van der Waals surface area contributed by atoms with Crippen molar-refractivity contribution in [3.63, 3.8) is 0 Å². The van der Waals surface area contributed by atoms with Crippen molar-refractivity contribution in [3.8, 4) is 0 Å². The van der Waals surface area contributed by atoms with Gasteiger partial charge in [-0.05, 0) is 43.7 Å². The van der Waals surface area contributed by atoms with E-state index < -0.39 is 22.5 Å². The van der Waals surface area contributed by atoms with Crippen LogP contribution in [0.1, 0.15) is 33.3 Å². The van der Waals surface area contributed by atoms with Crippen LogP contribution in [0.4, 0.5) is 5.69 Å². The second kappa shape index (κ2) is 8.97. The Bertz CT molecular complexity index is 1010. The Labute approximate surface area is 177 Å². The number of nitrogens with zero attached hydrogens (tertiary/aromatic N) is 2. The summed E-state index contributed by atoms with van der Waals surface area (Å²) in [6, 6.07) is 12.8. The molecule has 2 aromatic rings. The van der Waals surface area contributed by atoms with Crippen LogP contribution in [0, 0.1) is 12.3 Å². The van der Waals surface area contributed by atoms with Gasteiger partial charge < -0.3 is 0 Å². The summed E-state index contributed by atoms with van der Waals surface area (Å²) in [7, 11) is -3.98. The van der Waals surface area contributed by atoms with Crippen LogP contribution >= 0.6 is 11.6 Å². The number of aryl methyl sites for hydroxylation is 1. The highest BCUT2D eigenvalue weighted by Gasteiger charge is 2.27. The molecule has 0 bridgehead atoms. The van der Waals surface area contributed by atoms with Gasteiger partial charge in [0, 0.05) is 16.1 Å². The Kier molecular flexibility index (Phi) is 7.08. The van der Waals surface area contributed by atoms with Crippen LogP contribution in [0.5, 0.6) is 0 Å². The lowest BCUT2D eigenvalue weighted by atomic mass is 9.91. The molecule has 0 atom stereocenters. The summed E-state index contributed by atoms with van der Waals surface area (Å²) in [5.74, 6) is -0.551. The average molecular weight is 436 g/mol. The van der Waals surface area contributed by atoms with E-state index in [-0.39, 0.29) is 10.3 Å². The van der Waals surface area contributed by atoms with Crippen molar-refractivity contribution < 1.29 is 13.2 Å². The quantitative estimate of drug-likeness (QED) is 0.540. The molecule has 0 heterocycles. The van der Waals surface area contributed by atoms with Crippen molar-refractivity contribution in [2.45, 2.75) is 39.5 Å². The average Bonchev–Trinajstić information content (AvgIpc) is 2.66. The summed E-state index contributed by atoms with van der Waals surface area (Å²) in [6.45, 7) is 9.10. The highest BCUT2D eigenvalue weighted by molar-refractivity contribution is 7.92. The number of hydrazone groups is 1. The fourth-order valence-electron chi connectivity index (χ4n) is 2.25. The molecule has 1 amide bonds. The first-order valence-corrected chi connectivity index (χ1v) is 10.9. The molecule has 0 aliphatic rings. The van der Waals surface area contributed by atoms with E-state index >= 15 is 0 Å². The Morgan fingerprint density at radius 1 is 1.14 bits per heavy atom. The maximum Gasteiger partial charge on any atom is 0.264 e. The number of rotatable bonds is 6. The molecule has 29 heavy (non-hydrogen) atoms. The standard InChI is InChI=1S/C21H26ClN3O3S/c1-15-11-12-17(13-19(15)22)25(29(27,28)18-9-7-6-8-10-18)14-20(26)24-23-16(2)21(3,4)5/h6-13H,14H2,1-5H3,(H,24,26)/b23-16-. The number of amides is 1. The number of sulfonamides is 1. The molecule has 0 unspecified atom stereocenters. The van der Waals surface area contributed by atoms with Gasteiger partial charge in [0.05, 0.1) is 10.6 Å². The van der Waals surface area contributed by atoms with Gasteiger partial charge in [-0.1, -0.05) is 56.6 Å². The number of halogens is 1. The third kappa shape index (κ3) is 5.81. The molecule has 8 heteroatoms. The zero-order valence-corrected chi connectivity index (χ0v) is 18.8. The molecule has 0 aromatic heterocycles. The fraction of sp³-hybridized carbons (Fsp3) is 0.333. The number of hydrogen-bond donors (Lipinski definition) is 1. The summed E-state index contributed by atoms with van der Waals surface area (Å²) in [5.41, 5.74) is 4.07. The van der Waals surface area contributed by atoms with Crippen LogP contribution in [-0.2, 0) is 14.8 Å². The SMILES string of the molecule is C/C(=N/NC(=O)CN(c1ccc(C)c(Cl)c1)S(=O)(=O)c1ccccc1)C(C)(C)C. The zero-order chi connectivity index (χ0) is 21.8. The largest absolute Gasteiger partial charge is 0.271 e. The Morgan fingerprint density at radius 2 is 1.76 bits per heavy atom. The second-order valence-electron chi connectivity index (χ2n) is 7.74. The minimum Gasteiger partial charge on any atom is -0.271 e. The van der Waals surface area contributed by atoms with Crippen molar-refractivity contribution in [1.29, 1.82) is 0 Å². The number of benzene rings is 2. The number of nitrogens with one attached hydrogen (secondary N) is 1. The summed E-state index contributed by atoms with van der Waals surface area (Å²) >= 11 is 6.20. The molecule has 0 saturated heterocycles. The summed E-state index contributed by atoms with van der Waals surface area (Å²) < 4.78 is 27.5. The predicted octanol–water partition coefficient (Wildman–Crippen LogP) is 4.38. The highest BCUT2D eigenvalue weighted by Crippen LogP contribution is 2.28. The van der Waals surface area contributed by atoms with E-state index in [0.717, 1.165) is 15.6 Å². The topological polar surface area (TPSA) is 78.8 Å². The molecular formula is C21H26ClN3O3S. The van der Waals surface area contributed by atoms with Crippen molar-refractivity contribution in [2.75, 3.05) is 10.8 Å². The van der Waals surface area contributed by atoms with Crippen molar-refractivity contribution in [1.82, 2.24) is 5.43 Å². The molecule has 0 radical (unpaired) electrons. The van der Waals surface area contributed by atoms with Gasteiger partial charge in [0.15, 0.2) is 0 Å². The lowest BCUT2D eigenvalue weighted by Crippen LogP contribution is -2.40. The van der Waals surface area contributed by atoms with Gasteiger partial charge in [0.1, 0.15) is 6.54 Å². The van der Waals surface area contributed by atoms with Gasteiger partial charge in [-0.2, -0.15) is 5.10 Å². The van der Waals surface area contributed by atoms with Crippen LogP contribution in [-0.4, -0.2) is 26.6 Å². The summed E-state index contributed by atoms with van der Waals surface area (Å²) in [5, 5.41) is 4.51. The molecule has 2 aromatic carbocycles. The Hall–Kier alpha value is -2.38. The van der Waals surface area contributed by atoms with Crippen LogP contribution < -0.4 is 9.73 Å². The van der Waals surface area contributed by atoms with Crippen molar-refractivity contribution in [3.05, 3.63) is 59.1 Å². The van der Waals surface area contributed by atoms with Gasteiger partial charge in [0.2, 0.25) is 0 Å². The molecule has 2 rings (SSSR count). The fourth-order valence-corrected chi connectivity index (χ4v) is 3.86. The first-order valence-electron chi connectivity index (χ1n) is 9.10. The van der Waals surface area contributed by atoms with E-state index in [1.165, 1.54) is 18.2 Å². The normalized spacial score (nSPS) is 12.6. The molecular weight excluding hydrogens is 410 g/mol. The lowest BCUT2D eigenvalue weighted by molar-refractivity contribution is -0.119. The van der Waals surface area contributed by atoms with E-state index in [2.05, 4.69) is 10.5 Å². The van der Waals surface area contributed by atoms with Gasteiger partial charge in [-0.25, -0.2) is 13.8 Å². The second-order valence-corrected chi connectivity index (χ2v) is 10.0. The molecule has 156 valence electrons. The van der Waals surface area contributed by atoms with Gasteiger partial charge in [-0.3, -0.25) is 9.10 Å². The van der Waals surface area contributed by atoms with E-state index in [4.69, 9.17) is 11.6 Å². The zero-order valence-electron chi connectivity index (χ0n) is 17.2. The van der Waals surface area contributed by atoms with Gasteiger partial charge >= 0.3 is 0 Å². The third-order valence-electron chi connectivity index (χ3n) is 4.50. The monoisotopic (exact) mass is 435 g/mol. The van der Waals surface area contributed by atoms with Gasteiger partial charge in [0.25, 0.3) is 15.9 Å². The molecule has 0 aliphatic heterocycles. The minimum absolute atomic E-state index is 0.0823. The molecule has 0 fully saturated rings.